The van der Waals surface area contributed by atoms with Crippen LogP contribution >= 0.6 is 0 Å². The van der Waals surface area contributed by atoms with Crippen LogP contribution in [0.4, 0.5) is 0 Å². The van der Waals surface area contributed by atoms with Gasteiger partial charge in [-0.3, -0.25) is 14.4 Å². The fourth-order valence-corrected chi connectivity index (χ4v) is 4.09. The van der Waals surface area contributed by atoms with Crippen molar-refractivity contribution in [2.24, 2.45) is 0 Å². The minimum Gasteiger partial charge on any atom is -0.507 e. The van der Waals surface area contributed by atoms with Gasteiger partial charge in [-0.05, 0) is 62.5 Å². The van der Waals surface area contributed by atoms with Gasteiger partial charge >= 0.3 is 5.97 Å². The number of hydrogen-bond acceptors (Lipinski definition) is 7. The number of aliphatic hydroxyl groups is 1. The van der Waals surface area contributed by atoms with Crippen molar-refractivity contribution >= 4 is 23.4 Å². The van der Waals surface area contributed by atoms with Crippen molar-refractivity contribution in [3.05, 3.63) is 65.2 Å². The highest BCUT2D eigenvalue weighted by Crippen LogP contribution is 2.40. The van der Waals surface area contributed by atoms with Gasteiger partial charge in [-0.2, -0.15) is 0 Å². The Morgan fingerprint density at radius 1 is 1.06 bits per heavy atom. The topological polar surface area (TPSA) is 96.4 Å². The number of unbranched alkanes of at least 4 members (excludes halogenated alkanes) is 2. The Kier molecular flexibility index (Phi) is 9.25. The van der Waals surface area contributed by atoms with E-state index in [1.165, 1.54) is 11.8 Å². The highest BCUT2D eigenvalue weighted by Gasteiger charge is 2.46. The van der Waals surface area contributed by atoms with Gasteiger partial charge in [0.05, 0.1) is 18.2 Å². The number of ether oxygens (including phenoxy) is 2. The molecule has 1 fully saturated rings. The molecular formula is C28H34N2O6. The standard InChI is InChI=1S/C28H34N2O6/c1-5-6-7-17-35-22-13-11-20(12-14-22)26(32)24-25(21-9-8-10-23(18-21)36-19(2)31)30(16-15-29(3)4)28(34)27(24)33/h8-14,18,25,32H,5-7,15-17H2,1-4H3/b26-24-. The van der Waals surface area contributed by atoms with E-state index in [1.807, 2.05) is 19.0 Å². The molecule has 1 N–H and O–H groups in total. The molecule has 0 saturated carbocycles. The fraction of sp³-hybridized carbons (Fsp3) is 0.393. The molecule has 8 nitrogen and oxygen atoms in total. The molecule has 0 aromatic heterocycles. The van der Waals surface area contributed by atoms with E-state index in [4.69, 9.17) is 9.47 Å². The van der Waals surface area contributed by atoms with Gasteiger partial charge in [0, 0.05) is 25.6 Å². The van der Waals surface area contributed by atoms with Crippen molar-refractivity contribution in [2.45, 2.75) is 39.2 Å². The van der Waals surface area contributed by atoms with E-state index in [2.05, 4.69) is 6.92 Å². The predicted molar refractivity (Wildman–Crippen MR) is 137 cm³/mol. The maximum absolute atomic E-state index is 13.2. The van der Waals surface area contributed by atoms with Gasteiger partial charge in [-0.1, -0.05) is 31.9 Å². The van der Waals surface area contributed by atoms with Crippen molar-refractivity contribution in [2.75, 3.05) is 33.8 Å². The lowest BCUT2D eigenvalue weighted by Gasteiger charge is -2.26. The third-order valence-corrected chi connectivity index (χ3v) is 5.91. The Bertz CT molecular complexity index is 1120. The lowest BCUT2D eigenvalue weighted by Crippen LogP contribution is -2.35. The third kappa shape index (κ3) is 6.51. The number of likely N-dealkylation sites (N-methyl/N-ethyl adjacent to an activating group) is 1. The van der Waals surface area contributed by atoms with E-state index >= 15 is 0 Å². The van der Waals surface area contributed by atoms with Crippen LogP contribution in [-0.2, 0) is 14.4 Å². The Morgan fingerprint density at radius 2 is 1.78 bits per heavy atom. The Hall–Kier alpha value is -3.65. The number of likely N-dealkylation sites (tertiary alicyclic amines) is 1. The van der Waals surface area contributed by atoms with E-state index < -0.39 is 23.7 Å². The van der Waals surface area contributed by atoms with Gasteiger partial charge in [0.2, 0.25) is 0 Å². The van der Waals surface area contributed by atoms with Gasteiger partial charge in [0.1, 0.15) is 17.3 Å². The molecule has 2 aromatic rings. The number of rotatable bonds is 11. The maximum Gasteiger partial charge on any atom is 0.308 e. The second kappa shape index (κ2) is 12.4. The summed E-state index contributed by atoms with van der Waals surface area (Å²) < 4.78 is 11.0. The molecule has 1 atom stereocenters. The molecule has 0 aliphatic carbocycles. The summed E-state index contributed by atoms with van der Waals surface area (Å²) in [6.45, 7) is 4.84. The van der Waals surface area contributed by atoms with Crippen molar-refractivity contribution in [3.8, 4) is 11.5 Å². The smallest absolute Gasteiger partial charge is 0.308 e. The largest absolute Gasteiger partial charge is 0.507 e. The molecule has 192 valence electrons. The number of aliphatic hydroxyl groups excluding tert-OH is 1. The Balaban J connectivity index is 2.00. The van der Waals surface area contributed by atoms with Gasteiger partial charge < -0.3 is 24.4 Å². The molecule has 1 amide bonds. The summed E-state index contributed by atoms with van der Waals surface area (Å²) in [7, 11) is 3.75. The van der Waals surface area contributed by atoms with Gasteiger partial charge in [-0.15, -0.1) is 0 Å². The first-order valence-corrected chi connectivity index (χ1v) is 12.2. The van der Waals surface area contributed by atoms with Crippen LogP contribution in [0.5, 0.6) is 11.5 Å². The summed E-state index contributed by atoms with van der Waals surface area (Å²) >= 11 is 0. The van der Waals surface area contributed by atoms with E-state index in [1.54, 1.807) is 48.5 Å². The van der Waals surface area contributed by atoms with Crippen LogP contribution in [0.2, 0.25) is 0 Å². The van der Waals surface area contributed by atoms with E-state index in [0.29, 0.717) is 35.8 Å². The van der Waals surface area contributed by atoms with Crippen LogP contribution in [0.3, 0.4) is 0 Å². The van der Waals surface area contributed by atoms with Crippen LogP contribution in [0.25, 0.3) is 5.76 Å². The molecule has 36 heavy (non-hydrogen) atoms. The van der Waals surface area contributed by atoms with E-state index in [-0.39, 0.29) is 17.9 Å². The number of ketones is 1. The van der Waals surface area contributed by atoms with Crippen LogP contribution in [0, 0.1) is 0 Å². The molecule has 1 aliphatic rings. The normalized spacial score (nSPS) is 17.0. The van der Waals surface area contributed by atoms with Crippen molar-refractivity contribution < 1.29 is 29.0 Å². The zero-order valence-electron chi connectivity index (χ0n) is 21.3. The molecule has 3 rings (SSSR count). The molecule has 0 spiro atoms. The molecule has 2 aromatic carbocycles. The average molecular weight is 495 g/mol. The van der Waals surface area contributed by atoms with Crippen molar-refractivity contribution in [1.29, 1.82) is 0 Å². The number of esters is 1. The molecule has 1 aliphatic heterocycles. The van der Waals surface area contributed by atoms with E-state index in [0.717, 1.165) is 19.3 Å². The molecule has 8 heteroatoms. The molecule has 0 radical (unpaired) electrons. The summed E-state index contributed by atoms with van der Waals surface area (Å²) in [5.41, 5.74) is 0.960. The highest BCUT2D eigenvalue weighted by molar-refractivity contribution is 6.46. The molecule has 1 heterocycles. The quantitative estimate of drug-likeness (QED) is 0.125. The minimum absolute atomic E-state index is 0.00431. The number of benzene rings is 2. The van der Waals surface area contributed by atoms with Gasteiger partial charge in [0.25, 0.3) is 11.7 Å². The van der Waals surface area contributed by atoms with Gasteiger partial charge in [-0.25, -0.2) is 0 Å². The van der Waals surface area contributed by atoms with Crippen molar-refractivity contribution in [3.63, 3.8) is 0 Å². The van der Waals surface area contributed by atoms with Crippen LogP contribution in [0.1, 0.15) is 50.3 Å². The first-order chi connectivity index (χ1) is 17.2. The second-order valence-electron chi connectivity index (χ2n) is 9.04. The van der Waals surface area contributed by atoms with Crippen molar-refractivity contribution in [1.82, 2.24) is 9.80 Å². The zero-order valence-corrected chi connectivity index (χ0v) is 21.3. The second-order valence-corrected chi connectivity index (χ2v) is 9.04. The predicted octanol–water partition coefficient (Wildman–Crippen LogP) is 4.16. The number of Topliss-reactive ketones (excluding diaryl/α,β-unsaturated/α-hetero) is 1. The molecule has 1 unspecified atom stereocenters. The summed E-state index contributed by atoms with van der Waals surface area (Å²) in [4.78, 5) is 41.0. The summed E-state index contributed by atoms with van der Waals surface area (Å²) in [6.07, 6.45) is 3.15. The summed E-state index contributed by atoms with van der Waals surface area (Å²) in [5.74, 6) is -1.22. The summed E-state index contributed by atoms with van der Waals surface area (Å²) in [6, 6.07) is 12.6. The molecular weight excluding hydrogens is 460 g/mol. The van der Waals surface area contributed by atoms with Crippen LogP contribution in [0.15, 0.2) is 54.1 Å². The average Bonchev–Trinajstić information content (AvgIpc) is 3.10. The third-order valence-electron chi connectivity index (χ3n) is 5.91. The number of hydrogen-bond donors (Lipinski definition) is 1. The maximum atomic E-state index is 13.2. The monoisotopic (exact) mass is 494 g/mol. The first-order valence-electron chi connectivity index (χ1n) is 12.2. The number of nitrogens with zero attached hydrogens (tertiary/aromatic N) is 2. The lowest BCUT2D eigenvalue weighted by molar-refractivity contribution is -0.140. The first kappa shape index (κ1) is 26.9. The van der Waals surface area contributed by atoms with Crippen LogP contribution < -0.4 is 9.47 Å². The number of amides is 1. The fourth-order valence-electron chi connectivity index (χ4n) is 4.09. The van der Waals surface area contributed by atoms with Gasteiger partial charge in [0.15, 0.2) is 0 Å². The van der Waals surface area contributed by atoms with Crippen LogP contribution in [-0.4, -0.2) is 66.4 Å². The number of carbonyl (C=O) groups excluding carboxylic acids is 3. The highest BCUT2D eigenvalue weighted by atomic mass is 16.5. The SMILES string of the molecule is CCCCCOc1ccc(/C(O)=C2/C(=O)C(=O)N(CCN(C)C)C2c2cccc(OC(C)=O)c2)cc1. The summed E-state index contributed by atoms with van der Waals surface area (Å²) in [5, 5.41) is 11.2. The molecule has 1 saturated heterocycles. The lowest BCUT2D eigenvalue weighted by atomic mass is 9.95. The number of carbonyl (C=O) groups is 3. The molecule has 0 bridgehead atoms. The Morgan fingerprint density at radius 3 is 2.42 bits per heavy atom. The Labute approximate surface area is 212 Å². The minimum atomic E-state index is -0.828. The zero-order chi connectivity index (χ0) is 26.2. The van der Waals surface area contributed by atoms with E-state index in [9.17, 15) is 19.5 Å².